The van der Waals surface area contributed by atoms with E-state index in [-0.39, 0.29) is 31.1 Å². The number of ether oxygens (including phenoxy) is 3. The van der Waals surface area contributed by atoms with Crippen molar-refractivity contribution >= 4 is 17.9 Å². The number of hydrogen-bond acceptors (Lipinski definition) is 6. The summed E-state index contributed by atoms with van der Waals surface area (Å²) < 4.78 is 17.0. The molecule has 0 radical (unpaired) electrons. The molecule has 0 saturated heterocycles. The lowest BCUT2D eigenvalue weighted by atomic mass is 9.99. The summed E-state index contributed by atoms with van der Waals surface area (Å²) in [4.78, 5) is 38.3. The molecular formula is C64H124O6. The van der Waals surface area contributed by atoms with Crippen molar-refractivity contribution in [1.82, 2.24) is 0 Å². The molecule has 0 bridgehead atoms. The molecule has 0 spiro atoms. The van der Waals surface area contributed by atoms with Crippen LogP contribution in [0.25, 0.3) is 0 Å². The first kappa shape index (κ1) is 68.4. The fraction of sp³-hybridized carbons (Fsp3) is 0.953. The molecule has 0 aromatic heterocycles. The smallest absolute Gasteiger partial charge is 0.306 e. The van der Waals surface area contributed by atoms with Crippen molar-refractivity contribution in [3.8, 4) is 0 Å². The number of rotatable bonds is 59. The molecule has 0 saturated carbocycles. The van der Waals surface area contributed by atoms with Gasteiger partial charge in [0.05, 0.1) is 0 Å². The first-order chi connectivity index (χ1) is 34.4. The van der Waals surface area contributed by atoms with Crippen LogP contribution in [0.15, 0.2) is 0 Å². The molecule has 0 aromatic rings. The van der Waals surface area contributed by atoms with Crippen LogP contribution in [0.4, 0.5) is 0 Å². The van der Waals surface area contributed by atoms with Crippen LogP contribution in [0, 0.1) is 5.92 Å². The van der Waals surface area contributed by atoms with Gasteiger partial charge >= 0.3 is 17.9 Å². The lowest BCUT2D eigenvalue weighted by molar-refractivity contribution is -0.167. The molecule has 70 heavy (non-hydrogen) atoms. The summed E-state index contributed by atoms with van der Waals surface area (Å²) in [6, 6.07) is 0. The van der Waals surface area contributed by atoms with Gasteiger partial charge in [-0.1, -0.05) is 329 Å². The first-order valence-corrected chi connectivity index (χ1v) is 31.9. The Bertz CT molecular complexity index is 1060. The molecule has 0 amide bonds. The minimum absolute atomic E-state index is 0.0612. The number of unbranched alkanes of at least 4 members (excludes halogenated alkanes) is 45. The van der Waals surface area contributed by atoms with E-state index in [1.54, 1.807) is 0 Å². The fourth-order valence-corrected chi connectivity index (χ4v) is 9.95. The Morgan fingerprint density at radius 3 is 0.743 bits per heavy atom. The van der Waals surface area contributed by atoms with Crippen LogP contribution in [0.5, 0.6) is 0 Å². The molecule has 0 aliphatic heterocycles. The van der Waals surface area contributed by atoms with Crippen LogP contribution in [0.1, 0.15) is 368 Å². The second-order valence-corrected chi connectivity index (χ2v) is 22.3. The minimum Gasteiger partial charge on any atom is -0.462 e. The van der Waals surface area contributed by atoms with Crippen LogP contribution in [0.2, 0.25) is 0 Å². The highest BCUT2D eigenvalue weighted by atomic mass is 16.6. The van der Waals surface area contributed by atoms with E-state index in [9.17, 15) is 14.4 Å². The van der Waals surface area contributed by atoms with Gasteiger partial charge in [-0.2, -0.15) is 0 Å². The van der Waals surface area contributed by atoms with Crippen molar-refractivity contribution in [1.29, 1.82) is 0 Å². The van der Waals surface area contributed by atoms with Crippen molar-refractivity contribution < 1.29 is 28.6 Å². The second-order valence-electron chi connectivity index (χ2n) is 22.3. The maximum absolute atomic E-state index is 12.9. The van der Waals surface area contributed by atoms with Crippen molar-refractivity contribution in [3.05, 3.63) is 0 Å². The fourth-order valence-electron chi connectivity index (χ4n) is 9.95. The van der Waals surface area contributed by atoms with Crippen molar-refractivity contribution in [3.63, 3.8) is 0 Å². The molecule has 1 unspecified atom stereocenters. The Labute approximate surface area is 438 Å². The summed E-state index contributed by atoms with van der Waals surface area (Å²) >= 11 is 0. The molecule has 0 aliphatic carbocycles. The highest BCUT2D eigenvalue weighted by Gasteiger charge is 2.19. The van der Waals surface area contributed by atoms with Gasteiger partial charge in [0.1, 0.15) is 13.2 Å². The molecule has 416 valence electrons. The quantitative estimate of drug-likeness (QED) is 0.0343. The first-order valence-electron chi connectivity index (χ1n) is 31.9. The second kappa shape index (κ2) is 58.3. The predicted molar refractivity (Wildman–Crippen MR) is 303 cm³/mol. The van der Waals surface area contributed by atoms with E-state index in [2.05, 4.69) is 27.7 Å². The summed E-state index contributed by atoms with van der Waals surface area (Å²) in [5.74, 6) is 0.0684. The van der Waals surface area contributed by atoms with Gasteiger partial charge in [-0.15, -0.1) is 0 Å². The summed E-state index contributed by atoms with van der Waals surface area (Å²) in [7, 11) is 0. The highest BCUT2D eigenvalue weighted by molar-refractivity contribution is 5.71. The summed E-state index contributed by atoms with van der Waals surface area (Å²) in [5.41, 5.74) is 0. The van der Waals surface area contributed by atoms with Crippen LogP contribution in [-0.2, 0) is 28.6 Å². The molecule has 2 atom stereocenters. The third-order valence-electron chi connectivity index (χ3n) is 15.2. The summed E-state index contributed by atoms with van der Waals surface area (Å²) in [6.07, 6.45) is 65.2. The van der Waals surface area contributed by atoms with Gasteiger partial charge in [-0.05, 0) is 25.2 Å². The molecule has 0 aliphatic rings. The van der Waals surface area contributed by atoms with Gasteiger partial charge in [0.15, 0.2) is 6.10 Å². The predicted octanol–water partition coefficient (Wildman–Crippen LogP) is 21.4. The van der Waals surface area contributed by atoms with Gasteiger partial charge in [-0.25, -0.2) is 0 Å². The molecule has 0 N–H and O–H groups in total. The van der Waals surface area contributed by atoms with Gasteiger partial charge in [0.25, 0.3) is 0 Å². The number of carbonyl (C=O) groups excluding carboxylic acids is 3. The average molecular weight is 990 g/mol. The molecule has 0 heterocycles. The SMILES string of the molecule is CCCCCCCCCCCCCCCCCCCCC(=O)O[C@@H](COC(=O)CCCCCCCCCCCCCCCCCC)COC(=O)CCCCCCCCCCCCCCCCC(C)CC. The van der Waals surface area contributed by atoms with Crippen LogP contribution < -0.4 is 0 Å². The average Bonchev–Trinajstić information content (AvgIpc) is 3.36. The Balaban J connectivity index is 4.29. The zero-order valence-electron chi connectivity index (χ0n) is 48.0. The monoisotopic (exact) mass is 989 g/mol. The maximum atomic E-state index is 12.9. The summed E-state index contributed by atoms with van der Waals surface area (Å²) in [6.45, 7) is 9.12. The Morgan fingerprint density at radius 2 is 0.500 bits per heavy atom. The van der Waals surface area contributed by atoms with E-state index in [0.717, 1.165) is 63.7 Å². The topological polar surface area (TPSA) is 78.9 Å². The normalized spacial score (nSPS) is 12.3. The zero-order valence-corrected chi connectivity index (χ0v) is 48.0. The van der Waals surface area contributed by atoms with Gasteiger partial charge in [0, 0.05) is 19.3 Å². The molecule has 0 aromatic carbocycles. The van der Waals surface area contributed by atoms with E-state index in [1.165, 1.54) is 263 Å². The summed E-state index contributed by atoms with van der Waals surface area (Å²) in [5, 5.41) is 0. The van der Waals surface area contributed by atoms with Gasteiger partial charge in [-0.3, -0.25) is 14.4 Å². The van der Waals surface area contributed by atoms with E-state index < -0.39 is 6.10 Å². The molecule has 6 heteroatoms. The van der Waals surface area contributed by atoms with Crippen LogP contribution in [0.3, 0.4) is 0 Å². The molecule has 0 fully saturated rings. The largest absolute Gasteiger partial charge is 0.462 e. The van der Waals surface area contributed by atoms with E-state index in [4.69, 9.17) is 14.2 Å². The van der Waals surface area contributed by atoms with Gasteiger partial charge in [0.2, 0.25) is 0 Å². The van der Waals surface area contributed by atoms with Crippen LogP contribution in [-0.4, -0.2) is 37.2 Å². The number of hydrogen-bond donors (Lipinski definition) is 0. The van der Waals surface area contributed by atoms with Gasteiger partial charge < -0.3 is 14.2 Å². The molecule has 6 nitrogen and oxygen atoms in total. The van der Waals surface area contributed by atoms with E-state index >= 15 is 0 Å². The zero-order chi connectivity index (χ0) is 50.9. The molecular weight excluding hydrogens is 865 g/mol. The van der Waals surface area contributed by atoms with E-state index in [0.29, 0.717) is 19.3 Å². The minimum atomic E-state index is -0.763. The Hall–Kier alpha value is -1.59. The van der Waals surface area contributed by atoms with Crippen molar-refractivity contribution in [2.75, 3.05) is 13.2 Å². The third kappa shape index (κ3) is 55.7. The number of esters is 3. The number of carbonyl (C=O) groups is 3. The lowest BCUT2D eigenvalue weighted by Gasteiger charge is -2.18. The maximum Gasteiger partial charge on any atom is 0.306 e. The molecule has 0 rings (SSSR count). The standard InChI is InChI=1S/C64H124O6/c1-5-8-10-12-14-16-18-20-22-24-25-27-33-37-41-45-49-53-57-64(67)70-61(58-68-62(65)55-51-47-43-39-35-31-26-23-21-19-17-15-13-11-9-6-2)59-69-63(66)56-52-48-44-40-36-32-29-28-30-34-38-42-46-50-54-60(4)7-3/h60-61H,5-59H2,1-4H3/t60?,61-/m0/s1. The van der Waals surface area contributed by atoms with Crippen molar-refractivity contribution in [2.45, 2.75) is 374 Å². The third-order valence-corrected chi connectivity index (χ3v) is 15.2. The Morgan fingerprint density at radius 1 is 0.286 bits per heavy atom. The Kier molecular flexibility index (Phi) is 57.0. The van der Waals surface area contributed by atoms with E-state index in [1.807, 2.05) is 0 Å². The van der Waals surface area contributed by atoms with Crippen LogP contribution >= 0.6 is 0 Å². The lowest BCUT2D eigenvalue weighted by Crippen LogP contribution is -2.30. The highest BCUT2D eigenvalue weighted by Crippen LogP contribution is 2.19. The van der Waals surface area contributed by atoms with Crippen molar-refractivity contribution in [2.24, 2.45) is 5.92 Å².